The molecule has 1 saturated heterocycles. The number of para-hydroxylation sites is 1. The number of piperidine rings is 1. The van der Waals surface area contributed by atoms with Crippen LogP contribution in [-0.4, -0.2) is 40.1 Å². The van der Waals surface area contributed by atoms with E-state index in [1.165, 1.54) is 12.1 Å². The summed E-state index contributed by atoms with van der Waals surface area (Å²) in [6, 6.07) is 6.12. The first kappa shape index (κ1) is 16.4. The quantitative estimate of drug-likeness (QED) is 0.863. The molecule has 24 heavy (non-hydrogen) atoms. The topological polar surface area (TPSA) is 47.4 Å². The van der Waals surface area contributed by atoms with Crippen LogP contribution < -0.4 is 4.74 Å². The zero-order valence-electron chi connectivity index (χ0n) is 13.4. The lowest BCUT2D eigenvalue weighted by molar-refractivity contribution is -0.0503. The number of hydrogen-bond acceptors (Lipinski definition) is 3. The highest BCUT2D eigenvalue weighted by Gasteiger charge is 2.29. The van der Waals surface area contributed by atoms with Gasteiger partial charge in [0.05, 0.1) is 5.56 Å². The van der Waals surface area contributed by atoms with Crippen molar-refractivity contribution in [2.75, 3.05) is 13.1 Å². The molecule has 0 bridgehead atoms. The molecule has 3 rings (SSSR count). The number of ether oxygens (including phenoxy) is 1. The van der Waals surface area contributed by atoms with Gasteiger partial charge in [-0.1, -0.05) is 12.1 Å². The van der Waals surface area contributed by atoms with E-state index in [0.717, 1.165) is 18.7 Å². The molecule has 2 aromatic rings. The van der Waals surface area contributed by atoms with Crippen LogP contribution >= 0.6 is 0 Å². The molecule has 0 N–H and O–H groups in total. The lowest BCUT2D eigenvalue weighted by Crippen LogP contribution is -2.39. The smallest absolute Gasteiger partial charge is 0.387 e. The molecule has 5 nitrogen and oxygen atoms in total. The number of carbonyl (C=O) groups is 1. The fourth-order valence-corrected chi connectivity index (χ4v) is 3.16. The third-order valence-corrected chi connectivity index (χ3v) is 4.27. The molecular weight excluding hydrogens is 316 g/mol. The Hall–Kier alpha value is -2.44. The van der Waals surface area contributed by atoms with E-state index >= 15 is 0 Å². The van der Waals surface area contributed by atoms with Crippen LogP contribution in [-0.2, 0) is 7.05 Å². The van der Waals surface area contributed by atoms with Gasteiger partial charge in [0.1, 0.15) is 11.6 Å². The first-order chi connectivity index (χ1) is 11.6. The van der Waals surface area contributed by atoms with Crippen LogP contribution in [0.2, 0.25) is 0 Å². The Bertz CT molecular complexity index is 717. The Morgan fingerprint density at radius 1 is 1.38 bits per heavy atom. The molecule has 0 radical (unpaired) electrons. The van der Waals surface area contributed by atoms with Gasteiger partial charge < -0.3 is 14.2 Å². The van der Waals surface area contributed by atoms with Crippen LogP contribution in [0, 0.1) is 0 Å². The fourth-order valence-electron chi connectivity index (χ4n) is 3.16. The van der Waals surface area contributed by atoms with Gasteiger partial charge in [0, 0.05) is 38.4 Å². The lowest BCUT2D eigenvalue weighted by atomic mass is 9.96. The van der Waals surface area contributed by atoms with Gasteiger partial charge in [-0.15, -0.1) is 0 Å². The monoisotopic (exact) mass is 335 g/mol. The van der Waals surface area contributed by atoms with E-state index in [9.17, 15) is 13.6 Å². The summed E-state index contributed by atoms with van der Waals surface area (Å²) < 4.78 is 31.5. The van der Waals surface area contributed by atoms with Crippen molar-refractivity contribution < 1.29 is 18.3 Å². The molecule has 0 aliphatic carbocycles. The van der Waals surface area contributed by atoms with Gasteiger partial charge in [-0.05, 0) is 25.0 Å². The van der Waals surface area contributed by atoms with Crippen LogP contribution in [0.5, 0.6) is 5.75 Å². The predicted octanol–water partition coefficient (Wildman–Crippen LogP) is 3.04. The number of aryl methyl sites for hydroxylation is 1. The van der Waals surface area contributed by atoms with E-state index in [1.54, 1.807) is 23.2 Å². The van der Waals surface area contributed by atoms with Crippen LogP contribution in [0.4, 0.5) is 8.78 Å². The molecule has 7 heteroatoms. The van der Waals surface area contributed by atoms with E-state index in [0.29, 0.717) is 13.1 Å². The predicted molar refractivity (Wildman–Crippen MR) is 84.2 cm³/mol. The minimum absolute atomic E-state index is 0.0865. The Labute approximate surface area is 138 Å². The highest BCUT2D eigenvalue weighted by atomic mass is 19.3. The molecule has 0 saturated carbocycles. The minimum atomic E-state index is -2.96. The first-order valence-corrected chi connectivity index (χ1v) is 7.86. The SMILES string of the molecule is Cn1ccnc1[C@H]1CCCN(C(=O)c2ccccc2OC(F)F)C1. The number of aromatic nitrogens is 2. The van der Waals surface area contributed by atoms with Crippen LogP contribution in [0.1, 0.15) is 34.9 Å². The molecule has 0 unspecified atom stereocenters. The summed E-state index contributed by atoms with van der Waals surface area (Å²) in [6.07, 6.45) is 5.41. The van der Waals surface area contributed by atoms with E-state index < -0.39 is 6.61 Å². The molecule has 1 aromatic carbocycles. The van der Waals surface area contributed by atoms with Gasteiger partial charge in [-0.3, -0.25) is 4.79 Å². The van der Waals surface area contributed by atoms with Gasteiger partial charge in [-0.25, -0.2) is 4.98 Å². The molecule has 1 amide bonds. The van der Waals surface area contributed by atoms with Gasteiger partial charge in [-0.2, -0.15) is 8.78 Å². The summed E-state index contributed by atoms with van der Waals surface area (Å²) in [5.74, 6) is 0.706. The summed E-state index contributed by atoms with van der Waals surface area (Å²) >= 11 is 0. The maximum Gasteiger partial charge on any atom is 0.387 e. The summed E-state index contributed by atoms with van der Waals surface area (Å²) in [5.41, 5.74) is 0.165. The van der Waals surface area contributed by atoms with Crippen LogP contribution in [0.3, 0.4) is 0 Å². The molecule has 2 heterocycles. The molecule has 128 valence electrons. The van der Waals surface area contributed by atoms with Crippen molar-refractivity contribution in [3.63, 3.8) is 0 Å². The largest absolute Gasteiger partial charge is 0.434 e. The normalized spacial score (nSPS) is 18.0. The number of rotatable bonds is 4. The average Bonchev–Trinajstić information content (AvgIpc) is 3.00. The van der Waals surface area contributed by atoms with Crippen molar-refractivity contribution in [1.82, 2.24) is 14.5 Å². The van der Waals surface area contributed by atoms with Crippen molar-refractivity contribution >= 4 is 5.91 Å². The molecule has 1 aliphatic rings. The average molecular weight is 335 g/mol. The summed E-state index contributed by atoms with van der Waals surface area (Å²) in [4.78, 5) is 18.8. The van der Waals surface area contributed by atoms with E-state index in [2.05, 4.69) is 9.72 Å². The van der Waals surface area contributed by atoms with Crippen molar-refractivity contribution in [3.8, 4) is 5.75 Å². The number of amides is 1. The number of benzene rings is 1. The Morgan fingerprint density at radius 2 is 2.17 bits per heavy atom. The third-order valence-electron chi connectivity index (χ3n) is 4.27. The zero-order valence-corrected chi connectivity index (χ0v) is 13.4. The number of alkyl halides is 2. The molecule has 1 atom stereocenters. The number of nitrogens with zero attached hydrogens (tertiary/aromatic N) is 3. The fraction of sp³-hybridized carbons (Fsp3) is 0.412. The van der Waals surface area contributed by atoms with Gasteiger partial charge in [0.2, 0.25) is 0 Å². The van der Waals surface area contributed by atoms with Crippen LogP contribution in [0.15, 0.2) is 36.7 Å². The van der Waals surface area contributed by atoms with Gasteiger partial charge in [0.15, 0.2) is 0 Å². The number of carbonyl (C=O) groups excluding carboxylic acids is 1. The second-order valence-electron chi connectivity index (χ2n) is 5.86. The van der Waals surface area contributed by atoms with Gasteiger partial charge in [0.25, 0.3) is 5.91 Å². The highest BCUT2D eigenvalue weighted by molar-refractivity contribution is 5.97. The number of imidazole rings is 1. The molecule has 1 fully saturated rings. The van der Waals surface area contributed by atoms with E-state index in [4.69, 9.17) is 0 Å². The van der Waals surface area contributed by atoms with Gasteiger partial charge >= 0.3 is 6.61 Å². The number of halogens is 2. The Morgan fingerprint density at radius 3 is 2.88 bits per heavy atom. The van der Waals surface area contributed by atoms with Crippen molar-refractivity contribution in [2.45, 2.75) is 25.4 Å². The third kappa shape index (κ3) is 3.39. The van der Waals surface area contributed by atoms with E-state index in [1.807, 2.05) is 17.8 Å². The maximum atomic E-state index is 12.8. The zero-order chi connectivity index (χ0) is 17.1. The van der Waals surface area contributed by atoms with Crippen molar-refractivity contribution in [3.05, 3.63) is 48.0 Å². The molecule has 1 aromatic heterocycles. The lowest BCUT2D eigenvalue weighted by Gasteiger charge is -2.32. The van der Waals surface area contributed by atoms with E-state index in [-0.39, 0.29) is 23.1 Å². The molecular formula is C17H19F2N3O2. The standard InChI is InChI=1S/C17H19F2N3O2/c1-21-10-8-20-15(21)12-5-4-9-22(11-12)16(23)13-6-2-3-7-14(13)24-17(18)19/h2-3,6-8,10,12,17H,4-5,9,11H2,1H3/t12-/m0/s1. The van der Waals surface area contributed by atoms with Crippen molar-refractivity contribution in [1.29, 1.82) is 0 Å². The number of likely N-dealkylation sites (tertiary alicyclic amines) is 1. The minimum Gasteiger partial charge on any atom is -0.434 e. The summed E-state index contributed by atoms with van der Waals surface area (Å²) in [6.45, 7) is -1.84. The Kier molecular flexibility index (Phi) is 4.78. The molecule has 1 aliphatic heterocycles. The molecule has 0 spiro atoms. The second kappa shape index (κ2) is 6.98. The van der Waals surface area contributed by atoms with Crippen LogP contribution in [0.25, 0.3) is 0 Å². The number of hydrogen-bond donors (Lipinski definition) is 0. The second-order valence-corrected chi connectivity index (χ2v) is 5.86. The summed E-state index contributed by atoms with van der Waals surface area (Å²) in [5, 5.41) is 0. The highest BCUT2D eigenvalue weighted by Crippen LogP contribution is 2.28. The first-order valence-electron chi connectivity index (χ1n) is 7.86. The van der Waals surface area contributed by atoms with Crippen molar-refractivity contribution in [2.24, 2.45) is 7.05 Å². The maximum absolute atomic E-state index is 12.8. The summed E-state index contributed by atoms with van der Waals surface area (Å²) in [7, 11) is 1.93. The Balaban J connectivity index is 1.79.